The molecule has 0 aliphatic carbocycles. The predicted molar refractivity (Wildman–Crippen MR) is 58.9 cm³/mol. The Morgan fingerprint density at radius 1 is 1.40 bits per heavy atom. The van der Waals surface area contributed by atoms with Gasteiger partial charge in [0.2, 0.25) is 5.79 Å². The van der Waals surface area contributed by atoms with Crippen LogP contribution in [0.3, 0.4) is 0 Å². The van der Waals surface area contributed by atoms with Crippen molar-refractivity contribution in [1.29, 1.82) is 0 Å². The van der Waals surface area contributed by atoms with Crippen molar-refractivity contribution in [2.24, 2.45) is 4.99 Å². The number of ether oxygens (including phenoxy) is 1. The van der Waals surface area contributed by atoms with Crippen LogP contribution < -0.4 is 0 Å². The zero-order valence-corrected chi connectivity index (χ0v) is 8.97. The Kier molecular flexibility index (Phi) is 2.59. The first kappa shape index (κ1) is 10.3. The lowest BCUT2D eigenvalue weighted by molar-refractivity contribution is -0.147. The number of nitrogens with zero attached hydrogens (tertiary/aromatic N) is 1. The molecule has 0 spiro atoms. The van der Waals surface area contributed by atoms with Gasteiger partial charge in [-0.15, -0.1) is 0 Å². The average molecular weight is 205 g/mol. The first-order valence-electron chi connectivity index (χ1n) is 5.06. The van der Waals surface area contributed by atoms with Crippen LogP contribution in [0.15, 0.2) is 35.3 Å². The summed E-state index contributed by atoms with van der Waals surface area (Å²) in [5.41, 5.74) is 1.75. The van der Waals surface area contributed by atoms with E-state index in [1.807, 2.05) is 30.3 Å². The van der Waals surface area contributed by atoms with Crippen molar-refractivity contribution in [3.8, 4) is 0 Å². The fraction of sp³-hybridized carbons (Fsp3) is 0.417. The standard InChI is InChI=1S/C12H15NO2/c1-9-12(2,14)15-8-11(13-9)10-6-4-3-5-7-10/h3-7,11,14H,8H2,1-2H3/t11-,12-/m1/s1. The monoisotopic (exact) mass is 205 g/mol. The topological polar surface area (TPSA) is 41.8 Å². The van der Waals surface area contributed by atoms with Crippen LogP contribution in [0.4, 0.5) is 0 Å². The summed E-state index contributed by atoms with van der Waals surface area (Å²) >= 11 is 0. The molecule has 2 rings (SSSR count). The Bertz CT molecular complexity index is 370. The predicted octanol–water partition coefficient (Wildman–Crippen LogP) is 1.93. The van der Waals surface area contributed by atoms with E-state index in [2.05, 4.69) is 4.99 Å². The SMILES string of the molecule is CC1=N[C@@H](c2ccccc2)CO[C@@]1(C)O. The minimum Gasteiger partial charge on any atom is -0.361 e. The summed E-state index contributed by atoms with van der Waals surface area (Å²) in [4.78, 5) is 4.45. The summed E-state index contributed by atoms with van der Waals surface area (Å²) < 4.78 is 5.37. The Hall–Kier alpha value is -1.19. The highest BCUT2D eigenvalue weighted by molar-refractivity contribution is 5.89. The third-order valence-corrected chi connectivity index (χ3v) is 2.73. The van der Waals surface area contributed by atoms with E-state index in [9.17, 15) is 5.11 Å². The van der Waals surface area contributed by atoms with Gasteiger partial charge in [-0.1, -0.05) is 30.3 Å². The Morgan fingerprint density at radius 3 is 2.67 bits per heavy atom. The molecule has 0 bridgehead atoms. The molecule has 0 aromatic heterocycles. The third-order valence-electron chi connectivity index (χ3n) is 2.73. The summed E-state index contributed by atoms with van der Waals surface area (Å²) in [7, 11) is 0. The maximum Gasteiger partial charge on any atom is 0.202 e. The van der Waals surface area contributed by atoms with Crippen molar-refractivity contribution in [2.75, 3.05) is 6.61 Å². The molecular weight excluding hydrogens is 190 g/mol. The van der Waals surface area contributed by atoms with Gasteiger partial charge in [0, 0.05) is 0 Å². The van der Waals surface area contributed by atoms with Crippen molar-refractivity contribution < 1.29 is 9.84 Å². The molecule has 1 heterocycles. The number of hydrogen-bond acceptors (Lipinski definition) is 3. The Balaban J connectivity index is 2.25. The highest BCUT2D eigenvalue weighted by atomic mass is 16.6. The fourth-order valence-corrected chi connectivity index (χ4v) is 1.58. The zero-order chi connectivity index (χ0) is 10.9. The van der Waals surface area contributed by atoms with Crippen LogP contribution in [-0.2, 0) is 4.74 Å². The van der Waals surface area contributed by atoms with Gasteiger partial charge in [0.1, 0.15) is 0 Å². The normalized spacial score (nSPS) is 31.1. The molecule has 2 atom stereocenters. The molecule has 1 aliphatic rings. The molecule has 15 heavy (non-hydrogen) atoms. The van der Waals surface area contributed by atoms with Crippen LogP contribution in [0.5, 0.6) is 0 Å². The number of hydrogen-bond donors (Lipinski definition) is 1. The third kappa shape index (κ3) is 2.08. The van der Waals surface area contributed by atoms with Crippen LogP contribution >= 0.6 is 0 Å². The van der Waals surface area contributed by atoms with Crippen molar-refractivity contribution in [3.63, 3.8) is 0 Å². The van der Waals surface area contributed by atoms with E-state index in [4.69, 9.17) is 4.74 Å². The maximum absolute atomic E-state index is 9.75. The van der Waals surface area contributed by atoms with Gasteiger partial charge >= 0.3 is 0 Å². The van der Waals surface area contributed by atoms with Gasteiger partial charge in [-0.3, -0.25) is 4.99 Å². The van der Waals surface area contributed by atoms with Crippen molar-refractivity contribution in [3.05, 3.63) is 35.9 Å². The van der Waals surface area contributed by atoms with E-state index in [0.29, 0.717) is 12.3 Å². The van der Waals surface area contributed by atoms with Crippen LogP contribution in [0, 0.1) is 0 Å². The second kappa shape index (κ2) is 3.76. The molecule has 1 aromatic rings. The van der Waals surface area contributed by atoms with Gasteiger partial charge in [0.05, 0.1) is 18.4 Å². The molecular formula is C12H15NO2. The van der Waals surface area contributed by atoms with Gasteiger partial charge in [0.25, 0.3) is 0 Å². The van der Waals surface area contributed by atoms with E-state index in [-0.39, 0.29) is 6.04 Å². The Labute approximate surface area is 89.4 Å². The summed E-state index contributed by atoms with van der Waals surface area (Å²) in [6.45, 7) is 3.83. The molecule has 0 unspecified atom stereocenters. The lowest BCUT2D eigenvalue weighted by atomic mass is 10.1. The van der Waals surface area contributed by atoms with Crippen LogP contribution in [0.2, 0.25) is 0 Å². The van der Waals surface area contributed by atoms with Crippen LogP contribution in [-0.4, -0.2) is 23.2 Å². The smallest absolute Gasteiger partial charge is 0.202 e. The van der Waals surface area contributed by atoms with Crippen LogP contribution in [0.25, 0.3) is 0 Å². The molecule has 80 valence electrons. The lowest BCUT2D eigenvalue weighted by Crippen LogP contribution is -2.41. The molecule has 0 saturated carbocycles. The molecule has 1 aliphatic heterocycles. The molecule has 0 amide bonds. The molecule has 3 nitrogen and oxygen atoms in total. The number of aliphatic imine (C=N–C) groups is 1. The minimum absolute atomic E-state index is 0.00595. The van der Waals surface area contributed by atoms with Crippen molar-refractivity contribution in [1.82, 2.24) is 0 Å². The second-order valence-corrected chi connectivity index (χ2v) is 3.93. The lowest BCUT2D eigenvalue weighted by Gasteiger charge is -2.31. The average Bonchev–Trinajstić information content (AvgIpc) is 2.23. The zero-order valence-electron chi connectivity index (χ0n) is 8.97. The van der Waals surface area contributed by atoms with Gasteiger partial charge in [-0.25, -0.2) is 0 Å². The summed E-state index contributed by atoms with van der Waals surface area (Å²) in [5, 5.41) is 9.75. The highest BCUT2D eigenvalue weighted by Crippen LogP contribution is 2.26. The number of rotatable bonds is 1. The van der Waals surface area contributed by atoms with E-state index < -0.39 is 5.79 Å². The first-order chi connectivity index (χ1) is 7.09. The van der Waals surface area contributed by atoms with E-state index >= 15 is 0 Å². The molecule has 0 saturated heterocycles. The largest absolute Gasteiger partial charge is 0.361 e. The van der Waals surface area contributed by atoms with Gasteiger partial charge in [-0.05, 0) is 19.4 Å². The van der Waals surface area contributed by atoms with Crippen LogP contribution in [0.1, 0.15) is 25.5 Å². The summed E-state index contributed by atoms with van der Waals surface area (Å²) in [6.07, 6.45) is 0. The van der Waals surface area contributed by atoms with Crippen molar-refractivity contribution >= 4 is 5.71 Å². The van der Waals surface area contributed by atoms with E-state index in [1.54, 1.807) is 13.8 Å². The minimum atomic E-state index is -1.20. The Morgan fingerprint density at radius 2 is 2.07 bits per heavy atom. The first-order valence-corrected chi connectivity index (χ1v) is 5.06. The highest BCUT2D eigenvalue weighted by Gasteiger charge is 2.31. The molecule has 3 heteroatoms. The summed E-state index contributed by atoms with van der Waals surface area (Å²) in [6, 6.07) is 9.97. The van der Waals surface area contributed by atoms with E-state index in [1.165, 1.54) is 0 Å². The summed E-state index contributed by atoms with van der Waals surface area (Å²) in [5.74, 6) is -1.20. The van der Waals surface area contributed by atoms with Gasteiger partial charge in [0.15, 0.2) is 0 Å². The fourth-order valence-electron chi connectivity index (χ4n) is 1.58. The van der Waals surface area contributed by atoms with Gasteiger partial charge in [-0.2, -0.15) is 0 Å². The van der Waals surface area contributed by atoms with E-state index in [0.717, 1.165) is 5.56 Å². The molecule has 1 aromatic carbocycles. The molecule has 1 N–H and O–H groups in total. The maximum atomic E-state index is 9.75. The number of benzene rings is 1. The van der Waals surface area contributed by atoms with Crippen molar-refractivity contribution in [2.45, 2.75) is 25.7 Å². The second-order valence-electron chi connectivity index (χ2n) is 3.93. The molecule has 0 fully saturated rings. The number of aliphatic hydroxyl groups is 1. The molecule has 0 radical (unpaired) electrons. The van der Waals surface area contributed by atoms with Gasteiger partial charge < -0.3 is 9.84 Å². The quantitative estimate of drug-likeness (QED) is 0.761.